The van der Waals surface area contributed by atoms with Crippen LogP contribution >= 0.6 is 0 Å². The molecule has 0 radical (unpaired) electrons. The van der Waals surface area contributed by atoms with E-state index < -0.39 is 0 Å². The molecule has 3 unspecified atom stereocenters. The average molecular weight is 229 g/mol. The molecular formula is C12H23NO3. The summed E-state index contributed by atoms with van der Waals surface area (Å²) < 4.78 is 17.2. The molecule has 4 nitrogen and oxygen atoms in total. The lowest BCUT2D eigenvalue weighted by molar-refractivity contribution is -0.122. The number of hydrogen-bond donors (Lipinski definition) is 1. The fraction of sp³-hybridized carbons (Fsp3) is 1.00. The lowest BCUT2D eigenvalue weighted by Gasteiger charge is -2.33. The Labute approximate surface area is 97.6 Å². The van der Waals surface area contributed by atoms with Gasteiger partial charge < -0.3 is 19.5 Å². The highest BCUT2D eigenvalue weighted by Gasteiger charge is 2.26. The smallest absolute Gasteiger partial charge is 0.0933 e. The van der Waals surface area contributed by atoms with Crippen molar-refractivity contribution in [3.63, 3.8) is 0 Å². The summed E-state index contributed by atoms with van der Waals surface area (Å²) in [7, 11) is 0. The zero-order valence-electron chi connectivity index (χ0n) is 10.3. The van der Waals surface area contributed by atoms with Gasteiger partial charge in [0, 0.05) is 13.1 Å². The van der Waals surface area contributed by atoms with Crippen LogP contribution in [-0.4, -0.2) is 50.7 Å². The highest BCUT2D eigenvalue weighted by Crippen LogP contribution is 2.21. The van der Waals surface area contributed by atoms with Gasteiger partial charge in [0.05, 0.1) is 37.6 Å². The van der Waals surface area contributed by atoms with Gasteiger partial charge in [-0.1, -0.05) is 0 Å². The van der Waals surface area contributed by atoms with Crippen LogP contribution in [0.15, 0.2) is 0 Å². The first kappa shape index (κ1) is 12.3. The number of nitrogens with one attached hydrogen (secondary N) is 1. The number of ether oxygens (including phenoxy) is 3. The molecule has 2 saturated heterocycles. The third-order valence-electron chi connectivity index (χ3n) is 3.18. The Morgan fingerprint density at radius 2 is 2.00 bits per heavy atom. The standard InChI is InChI=1S/C12H23NO3/c1-9-5-11(6-10(2)16-9)15-8-12-7-13-3-4-14-12/h9-13H,3-8H2,1-2H3. The first-order chi connectivity index (χ1) is 7.74. The predicted molar refractivity (Wildman–Crippen MR) is 61.6 cm³/mol. The molecule has 2 rings (SSSR count). The highest BCUT2D eigenvalue weighted by atomic mass is 16.5. The number of rotatable bonds is 3. The van der Waals surface area contributed by atoms with Crippen molar-refractivity contribution in [1.29, 1.82) is 0 Å². The number of morpholine rings is 1. The van der Waals surface area contributed by atoms with E-state index in [-0.39, 0.29) is 6.10 Å². The van der Waals surface area contributed by atoms with Crippen LogP contribution in [0.2, 0.25) is 0 Å². The van der Waals surface area contributed by atoms with Gasteiger partial charge in [0.15, 0.2) is 0 Å². The van der Waals surface area contributed by atoms with Crippen LogP contribution in [0.4, 0.5) is 0 Å². The van der Waals surface area contributed by atoms with Crippen molar-refractivity contribution >= 4 is 0 Å². The fourth-order valence-corrected chi connectivity index (χ4v) is 2.45. The van der Waals surface area contributed by atoms with Gasteiger partial charge in [-0.15, -0.1) is 0 Å². The topological polar surface area (TPSA) is 39.7 Å². The van der Waals surface area contributed by atoms with Gasteiger partial charge in [0.1, 0.15) is 0 Å². The van der Waals surface area contributed by atoms with Crippen molar-refractivity contribution in [1.82, 2.24) is 5.32 Å². The Hall–Kier alpha value is -0.160. The summed E-state index contributed by atoms with van der Waals surface area (Å²) >= 11 is 0. The summed E-state index contributed by atoms with van der Waals surface area (Å²) in [6, 6.07) is 0. The van der Waals surface area contributed by atoms with E-state index in [0.717, 1.165) is 32.5 Å². The Morgan fingerprint density at radius 1 is 1.25 bits per heavy atom. The summed E-state index contributed by atoms with van der Waals surface area (Å²) in [6.07, 6.45) is 3.21. The molecular weight excluding hydrogens is 206 g/mol. The zero-order chi connectivity index (χ0) is 11.4. The van der Waals surface area contributed by atoms with Crippen LogP contribution in [0.3, 0.4) is 0 Å². The Morgan fingerprint density at radius 3 is 2.62 bits per heavy atom. The minimum atomic E-state index is 0.224. The van der Waals surface area contributed by atoms with Gasteiger partial charge in [-0.2, -0.15) is 0 Å². The third kappa shape index (κ3) is 3.70. The lowest BCUT2D eigenvalue weighted by atomic mass is 10.0. The SMILES string of the molecule is CC1CC(OCC2CNCCO2)CC(C)O1. The van der Waals surface area contributed by atoms with Gasteiger partial charge in [-0.25, -0.2) is 0 Å². The Bertz CT molecular complexity index is 196. The van der Waals surface area contributed by atoms with E-state index in [9.17, 15) is 0 Å². The van der Waals surface area contributed by atoms with E-state index in [2.05, 4.69) is 19.2 Å². The Balaban J connectivity index is 1.68. The summed E-state index contributed by atoms with van der Waals surface area (Å²) in [5, 5.41) is 3.31. The molecule has 0 amide bonds. The molecule has 2 aliphatic rings. The third-order valence-corrected chi connectivity index (χ3v) is 3.18. The summed E-state index contributed by atoms with van der Waals surface area (Å²) in [6.45, 7) is 7.61. The van der Waals surface area contributed by atoms with E-state index in [0.29, 0.717) is 24.9 Å². The van der Waals surface area contributed by atoms with Crippen molar-refractivity contribution in [3.05, 3.63) is 0 Å². The van der Waals surface area contributed by atoms with Crippen LogP contribution < -0.4 is 5.32 Å². The molecule has 0 aromatic rings. The molecule has 0 saturated carbocycles. The van der Waals surface area contributed by atoms with Crippen LogP contribution in [0.5, 0.6) is 0 Å². The summed E-state index contributed by atoms with van der Waals surface area (Å²) in [5.41, 5.74) is 0. The second-order valence-corrected chi connectivity index (χ2v) is 4.88. The Kier molecular flexibility index (Phi) is 4.58. The van der Waals surface area contributed by atoms with Gasteiger partial charge in [-0.3, -0.25) is 0 Å². The monoisotopic (exact) mass is 229 g/mol. The van der Waals surface area contributed by atoms with Crippen LogP contribution in [0.25, 0.3) is 0 Å². The molecule has 1 N–H and O–H groups in total. The van der Waals surface area contributed by atoms with Crippen molar-refractivity contribution in [2.45, 2.75) is 51.1 Å². The molecule has 0 aromatic heterocycles. The molecule has 0 aromatic carbocycles. The minimum Gasteiger partial charge on any atom is -0.375 e. The van der Waals surface area contributed by atoms with E-state index in [4.69, 9.17) is 14.2 Å². The fourth-order valence-electron chi connectivity index (χ4n) is 2.45. The molecule has 94 valence electrons. The van der Waals surface area contributed by atoms with E-state index in [1.54, 1.807) is 0 Å². The molecule has 0 aliphatic carbocycles. The predicted octanol–water partition coefficient (Wildman–Crippen LogP) is 0.947. The van der Waals surface area contributed by atoms with Crippen molar-refractivity contribution < 1.29 is 14.2 Å². The minimum absolute atomic E-state index is 0.224. The second-order valence-electron chi connectivity index (χ2n) is 4.88. The molecule has 2 fully saturated rings. The zero-order valence-corrected chi connectivity index (χ0v) is 10.3. The number of hydrogen-bond acceptors (Lipinski definition) is 4. The van der Waals surface area contributed by atoms with E-state index in [1.165, 1.54) is 0 Å². The van der Waals surface area contributed by atoms with E-state index in [1.807, 2.05) is 0 Å². The van der Waals surface area contributed by atoms with Crippen molar-refractivity contribution in [2.24, 2.45) is 0 Å². The molecule has 2 aliphatic heterocycles. The first-order valence-corrected chi connectivity index (χ1v) is 6.33. The van der Waals surface area contributed by atoms with Gasteiger partial charge in [-0.05, 0) is 26.7 Å². The van der Waals surface area contributed by atoms with E-state index >= 15 is 0 Å². The lowest BCUT2D eigenvalue weighted by Crippen LogP contribution is -2.43. The van der Waals surface area contributed by atoms with Crippen molar-refractivity contribution in [2.75, 3.05) is 26.3 Å². The molecule has 0 spiro atoms. The molecule has 3 atom stereocenters. The molecule has 2 heterocycles. The van der Waals surface area contributed by atoms with Crippen molar-refractivity contribution in [3.8, 4) is 0 Å². The largest absolute Gasteiger partial charge is 0.375 e. The first-order valence-electron chi connectivity index (χ1n) is 6.33. The summed E-state index contributed by atoms with van der Waals surface area (Å²) in [4.78, 5) is 0. The van der Waals surface area contributed by atoms with Gasteiger partial charge in [0.25, 0.3) is 0 Å². The van der Waals surface area contributed by atoms with Crippen LogP contribution in [0.1, 0.15) is 26.7 Å². The normalized spacial score (nSPS) is 40.9. The molecule has 16 heavy (non-hydrogen) atoms. The average Bonchev–Trinajstić information content (AvgIpc) is 2.27. The molecule has 0 bridgehead atoms. The van der Waals surface area contributed by atoms with Crippen LogP contribution in [0, 0.1) is 0 Å². The van der Waals surface area contributed by atoms with Gasteiger partial charge in [0.2, 0.25) is 0 Å². The quantitative estimate of drug-likeness (QED) is 0.782. The second kappa shape index (κ2) is 5.96. The maximum Gasteiger partial charge on any atom is 0.0933 e. The maximum atomic E-state index is 5.92. The molecule has 4 heteroatoms. The summed E-state index contributed by atoms with van der Waals surface area (Å²) in [5.74, 6) is 0. The highest BCUT2D eigenvalue weighted by molar-refractivity contribution is 4.75. The van der Waals surface area contributed by atoms with Gasteiger partial charge >= 0.3 is 0 Å². The maximum absolute atomic E-state index is 5.92. The van der Waals surface area contributed by atoms with Crippen LogP contribution in [-0.2, 0) is 14.2 Å².